The van der Waals surface area contributed by atoms with Crippen LogP contribution in [0.1, 0.15) is 54.4 Å². The van der Waals surface area contributed by atoms with Gasteiger partial charge in [-0.3, -0.25) is 4.79 Å². The number of carbonyl (C=O) groups is 1. The first-order chi connectivity index (χ1) is 13.9. The van der Waals surface area contributed by atoms with Gasteiger partial charge in [0, 0.05) is 31.9 Å². The van der Waals surface area contributed by atoms with Crippen LogP contribution in [0.15, 0.2) is 42.5 Å². The molecule has 4 rings (SSSR count). The molecule has 1 fully saturated rings. The number of carbonyl (C=O) groups excluding carboxylic acids is 1. The highest BCUT2D eigenvalue weighted by Crippen LogP contribution is 2.43. The molecule has 1 heterocycles. The van der Waals surface area contributed by atoms with Crippen LogP contribution in [0.3, 0.4) is 0 Å². The number of quaternary nitrogens is 1. The second-order valence-electron chi connectivity index (χ2n) is 8.98. The van der Waals surface area contributed by atoms with Gasteiger partial charge >= 0.3 is 0 Å². The van der Waals surface area contributed by atoms with Gasteiger partial charge in [-0.05, 0) is 66.0 Å². The fourth-order valence-corrected chi connectivity index (χ4v) is 5.35. The largest absolute Gasteiger partial charge is 0.633 e. The number of rotatable bonds is 5. The van der Waals surface area contributed by atoms with Gasteiger partial charge in [0.15, 0.2) is 0 Å². The second kappa shape index (κ2) is 8.29. The number of hydrogen-bond acceptors (Lipinski definition) is 2. The Kier molecular flexibility index (Phi) is 5.75. The molecular formula is C25H32N2O2. The number of nitrogens with zero attached hydrogens (tertiary/aromatic N) is 1. The second-order valence-corrected chi connectivity index (χ2v) is 8.98. The molecule has 1 unspecified atom stereocenters. The number of hydrogen-bond donors (Lipinski definition) is 1. The van der Waals surface area contributed by atoms with Gasteiger partial charge in [0.2, 0.25) is 5.91 Å². The molecular weight excluding hydrogens is 360 g/mol. The summed E-state index contributed by atoms with van der Waals surface area (Å²) in [5, 5.41) is 16.1. The molecule has 2 aromatic carbocycles. The lowest BCUT2D eigenvalue weighted by atomic mass is 9.80. The van der Waals surface area contributed by atoms with Gasteiger partial charge < -0.3 is 15.2 Å². The van der Waals surface area contributed by atoms with E-state index in [9.17, 15) is 10.0 Å². The van der Waals surface area contributed by atoms with Crippen molar-refractivity contribution in [2.24, 2.45) is 5.92 Å². The summed E-state index contributed by atoms with van der Waals surface area (Å²) in [6.07, 6.45) is 5.34. The number of nitrogens with one attached hydrogen (secondary N) is 1. The van der Waals surface area contributed by atoms with E-state index in [0.29, 0.717) is 18.4 Å². The number of fused-ring (bicyclic) bond motifs is 1. The Balaban J connectivity index is 1.33. The SMILES string of the molecule is CC(=O)Nc1ccc(CC[N+]2([O-])CCC(C3CCc4ccccc43)CC2)c(C)c1. The van der Waals surface area contributed by atoms with E-state index in [1.54, 1.807) is 5.56 Å². The molecule has 0 bridgehead atoms. The van der Waals surface area contributed by atoms with Crippen LogP contribution in [0.5, 0.6) is 0 Å². The summed E-state index contributed by atoms with van der Waals surface area (Å²) < 4.78 is -0.0578. The molecule has 2 aliphatic rings. The number of piperidine rings is 1. The number of benzene rings is 2. The first-order valence-corrected chi connectivity index (χ1v) is 11.0. The van der Waals surface area contributed by atoms with E-state index in [1.807, 2.05) is 12.1 Å². The molecule has 0 saturated carbocycles. The van der Waals surface area contributed by atoms with Gasteiger partial charge in [-0.2, -0.15) is 0 Å². The van der Waals surface area contributed by atoms with Crippen molar-refractivity contribution in [3.8, 4) is 0 Å². The Hall–Kier alpha value is -2.17. The molecule has 2 aromatic rings. The summed E-state index contributed by atoms with van der Waals surface area (Å²) >= 11 is 0. The Morgan fingerprint density at radius 2 is 1.90 bits per heavy atom. The minimum absolute atomic E-state index is 0.0578. The molecule has 4 nitrogen and oxygen atoms in total. The highest BCUT2D eigenvalue weighted by molar-refractivity contribution is 5.88. The first kappa shape index (κ1) is 20.1. The quantitative estimate of drug-likeness (QED) is 0.578. The van der Waals surface area contributed by atoms with Crippen molar-refractivity contribution in [2.45, 2.75) is 51.9 Å². The van der Waals surface area contributed by atoms with Crippen molar-refractivity contribution in [1.82, 2.24) is 0 Å². The minimum atomic E-state index is -0.0611. The summed E-state index contributed by atoms with van der Waals surface area (Å²) in [6.45, 7) is 5.70. The lowest BCUT2D eigenvalue weighted by molar-refractivity contribution is -0.886. The maximum Gasteiger partial charge on any atom is 0.221 e. The average molecular weight is 393 g/mol. The number of likely N-dealkylation sites (tertiary alicyclic amines) is 1. The Morgan fingerprint density at radius 1 is 1.14 bits per heavy atom. The molecule has 1 aliphatic heterocycles. The molecule has 29 heavy (non-hydrogen) atoms. The zero-order valence-corrected chi connectivity index (χ0v) is 17.6. The van der Waals surface area contributed by atoms with Gasteiger partial charge in [-0.1, -0.05) is 30.3 Å². The number of amides is 1. The topological polar surface area (TPSA) is 52.2 Å². The van der Waals surface area contributed by atoms with Crippen LogP contribution in [0.4, 0.5) is 5.69 Å². The average Bonchev–Trinajstić information content (AvgIpc) is 3.12. The van der Waals surface area contributed by atoms with Crippen LogP contribution in [0, 0.1) is 18.0 Å². The normalized spacial score (nSPS) is 26.2. The minimum Gasteiger partial charge on any atom is -0.633 e. The maximum absolute atomic E-state index is 13.3. The number of anilines is 1. The number of aryl methyl sites for hydroxylation is 2. The van der Waals surface area contributed by atoms with Crippen molar-refractivity contribution in [3.63, 3.8) is 0 Å². The van der Waals surface area contributed by atoms with Crippen molar-refractivity contribution in [2.75, 3.05) is 25.0 Å². The van der Waals surface area contributed by atoms with Crippen LogP contribution < -0.4 is 5.32 Å². The smallest absolute Gasteiger partial charge is 0.221 e. The van der Waals surface area contributed by atoms with Crippen LogP contribution in [0.25, 0.3) is 0 Å². The van der Waals surface area contributed by atoms with Crippen LogP contribution in [0.2, 0.25) is 0 Å². The summed E-state index contributed by atoms with van der Waals surface area (Å²) in [5.41, 5.74) is 6.23. The predicted molar refractivity (Wildman–Crippen MR) is 118 cm³/mol. The summed E-state index contributed by atoms with van der Waals surface area (Å²) in [4.78, 5) is 11.2. The molecule has 1 N–H and O–H groups in total. The third kappa shape index (κ3) is 4.54. The lowest BCUT2D eigenvalue weighted by Gasteiger charge is -2.48. The van der Waals surface area contributed by atoms with Gasteiger partial charge in [0.05, 0.1) is 19.6 Å². The van der Waals surface area contributed by atoms with Crippen LogP contribution >= 0.6 is 0 Å². The first-order valence-electron chi connectivity index (χ1n) is 11.0. The third-order valence-corrected chi connectivity index (χ3v) is 7.01. The molecule has 1 amide bonds. The molecule has 154 valence electrons. The van der Waals surface area contributed by atoms with Crippen molar-refractivity contribution in [1.29, 1.82) is 0 Å². The van der Waals surface area contributed by atoms with E-state index in [4.69, 9.17) is 0 Å². The highest BCUT2D eigenvalue weighted by atomic mass is 16.5. The highest BCUT2D eigenvalue weighted by Gasteiger charge is 2.35. The fraction of sp³-hybridized carbons (Fsp3) is 0.480. The Labute approximate surface area is 174 Å². The van der Waals surface area contributed by atoms with Crippen molar-refractivity contribution in [3.05, 3.63) is 69.9 Å². The molecule has 0 spiro atoms. The van der Waals surface area contributed by atoms with Gasteiger partial charge in [-0.15, -0.1) is 0 Å². The Morgan fingerprint density at radius 3 is 2.62 bits per heavy atom. The Bertz CT molecular complexity index is 884. The molecule has 1 aliphatic carbocycles. The van der Waals surface area contributed by atoms with E-state index in [-0.39, 0.29) is 10.6 Å². The van der Waals surface area contributed by atoms with Crippen LogP contribution in [-0.2, 0) is 17.6 Å². The molecule has 0 radical (unpaired) electrons. The number of hydroxylamine groups is 3. The van der Waals surface area contributed by atoms with Gasteiger partial charge in [0.25, 0.3) is 0 Å². The summed E-state index contributed by atoms with van der Waals surface area (Å²) in [6, 6.07) is 14.9. The summed E-state index contributed by atoms with van der Waals surface area (Å²) in [7, 11) is 0. The van der Waals surface area contributed by atoms with E-state index in [1.165, 1.54) is 30.9 Å². The van der Waals surface area contributed by atoms with Crippen molar-refractivity contribution >= 4 is 11.6 Å². The van der Waals surface area contributed by atoms with Crippen LogP contribution in [-0.4, -0.2) is 30.2 Å². The fourth-order valence-electron chi connectivity index (χ4n) is 5.35. The zero-order valence-electron chi connectivity index (χ0n) is 17.6. The maximum atomic E-state index is 13.3. The van der Waals surface area contributed by atoms with E-state index >= 15 is 0 Å². The molecule has 4 heteroatoms. The van der Waals surface area contributed by atoms with E-state index < -0.39 is 0 Å². The molecule has 1 saturated heterocycles. The monoisotopic (exact) mass is 392 g/mol. The standard InChI is InChI=1S/C25H32N2O2/c1-18-17-23(26-19(2)28)9-7-20(18)11-14-27(29)15-12-22(13-16-27)25-10-8-21-5-3-4-6-24(21)25/h3-7,9,17,22,25H,8,10-16H2,1-2H3,(H,26,28). The van der Waals surface area contributed by atoms with E-state index in [2.05, 4.69) is 42.6 Å². The van der Waals surface area contributed by atoms with Gasteiger partial charge in [-0.25, -0.2) is 0 Å². The lowest BCUT2D eigenvalue weighted by Crippen LogP contribution is -2.50. The van der Waals surface area contributed by atoms with Gasteiger partial charge in [0.1, 0.15) is 0 Å². The van der Waals surface area contributed by atoms with E-state index in [0.717, 1.165) is 43.6 Å². The predicted octanol–water partition coefficient (Wildman–Crippen LogP) is 4.95. The third-order valence-electron chi connectivity index (χ3n) is 7.01. The zero-order chi connectivity index (χ0) is 20.4. The van der Waals surface area contributed by atoms with Crippen molar-refractivity contribution < 1.29 is 9.44 Å². The summed E-state index contributed by atoms with van der Waals surface area (Å²) in [5.74, 6) is 1.26. The molecule has 0 aromatic heterocycles. The molecule has 1 atom stereocenters.